The van der Waals surface area contributed by atoms with Crippen molar-refractivity contribution in [3.05, 3.63) is 76.3 Å². The SMILES string of the molecule is CN/C(C[C@H](C)N(C)C)=C(/NC(=O)CC(C)(C)CNC(=O)c1cc(Cl)cc2cc(C)oc12)C(=O)Nc1ccccc1. The molecule has 0 saturated carbocycles. The lowest BCUT2D eigenvalue weighted by atomic mass is 9.88. The van der Waals surface area contributed by atoms with Crippen molar-refractivity contribution in [1.29, 1.82) is 0 Å². The maximum Gasteiger partial charge on any atom is 0.273 e. The van der Waals surface area contributed by atoms with Crippen LogP contribution in [0.5, 0.6) is 0 Å². The Morgan fingerprint density at radius 1 is 1.07 bits per heavy atom. The van der Waals surface area contributed by atoms with Crippen molar-refractivity contribution < 1.29 is 18.8 Å². The van der Waals surface area contributed by atoms with Gasteiger partial charge in [-0.05, 0) is 63.7 Å². The fourth-order valence-electron chi connectivity index (χ4n) is 4.30. The average Bonchev–Trinajstić information content (AvgIpc) is 3.28. The molecule has 0 fully saturated rings. The monoisotopic (exact) mass is 581 g/mol. The van der Waals surface area contributed by atoms with Gasteiger partial charge in [-0.25, -0.2) is 0 Å². The molecular weight excluding hydrogens is 542 g/mol. The first-order valence-corrected chi connectivity index (χ1v) is 13.9. The maximum absolute atomic E-state index is 13.4. The van der Waals surface area contributed by atoms with E-state index in [1.807, 2.05) is 64.0 Å². The number of halogens is 1. The van der Waals surface area contributed by atoms with Crippen LogP contribution in [0.4, 0.5) is 5.69 Å². The summed E-state index contributed by atoms with van der Waals surface area (Å²) < 4.78 is 5.72. The van der Waals surface area contributed by atoms with Crippen LogP contribution in [0.3, 0.4) is 0 Å². The molecule has 0 aliphatic carbocycles. The molecule has 4 N–H and O–H groups in total. The molecular formula is C31H40ClN5O4. The Kier molecular flexibility index (Phi) is 10.6. The summed E-state index contributed by atoms with van der Waals surface area (Å²) in [6.07, 6.45) is 0.571. The van der Waals surface area contributed by atoms with Gasteiger partial charge in [-0.1, -0.05) is 43.6 Å². The van der Waals surface area contributed by atoms with Crippen LogP contribution in [-0.4, -0.2) is 56.4 Å². The number of hydrogen-bond donors (Lipinski definition) is 4. The molecule has 3 aromatic rings. The third kappa shape index (κ3) is 8.83. The normalized spacial score (nSPS) is 13.0. The van der Waals surface area contributed by atoms with Crippen LogP contribution in [0.2, 0.25) is 5.02 Å². The summed E-state index contributed by atoms with van der Waals surface area (Å²) in [7, 11) is 5.64. The number of furan rings is 1. The number of aryl methyl sites for hydroxylation is 1. The molecule has 1 atom stereocenters. The Bertz CT molecular complexity index is 1430. The van der Waals surface area contributed by atoms with Gasteiger partial charge in [0, 0.05) is 54.3 Å². The number of carbonyl (C=O) groups excluding carboxylic acids is 3. The fraction of sp³-hybridized carbons (Fsp3) is 0.387. The standard InChI is InChI=1S/C31H40ClN5O4/c1-19(37(6)7)13-25(33-5)27(30(40)35-23-11-9-8-10-12-23)36-26(38)17-31(3,4)18-34-29(39)24-16-22(32)15-21-14-20(2)41-28(21)24/h8-12,14-16,19,33H,13,17-18H2,1-7H3,(H,34,39)(H,35,40)(H,36,38)/b27-25+/t19-/m0/s1. The molecule has 3 rings (SSSR count). The molecule has 1 heterocycles. The number of fused-ring (bicyclic) bond motifs is 1. The van der Waals surface area contributed by atoms with Gasteiger partial charge in [0.2, 0.25) is 5.91 Å². The zero-order chi connectivity index (χ0) is 30.3. The van der Waals surface area contributed by atoms with Gasteiger partial charge in [-0.2, -0.15) is 0 Å². The third-order valence-corrected chi connectivity index (χ3v) is 7.04. The van der Waals surface area contributed by atoms with Gasteiger partial charge in [-0.15, -0.1) is 0 Å². The van der Waals surface area contributed by atoms with Crippen molar-refractivity contribution in [1.82, 2.24) is 20.9 Å². The summed E-state index contributed by atoms with van der Waals surface area (Å²) in [5.41, 5.74) is 1.55. The second-order valence-electron chi connectivity index (χ2n) is 11.2. The lowest BCUT2D eigenvalue weighted by molar-refractivity contribution is -0.124. The van der Waals surface area contributed by atoms with Crippen LogP contribution in [0, 0.1) is 12.3 Å². The number of benzene rings is 2. The van der Waals surface area contributed by atoms with Gasteiger partial charge in [0.25, 0.3) is 11.8 Å². The summed E-state index contributed by atoms with van der Waals surface area (Å²) in [4.78, 5) is 41.8. The predicted molar refractivity (Wildman–Crippen MR) is 164 cm³/mol. The van der Waals surface area contributed by atoms with Crippen molar-refractivity contribution in [2.24, 2.45) is 5.41 Å². The van der Waals surface area contributed by atoms with E-state index < -0.39 is 11.3 Å². The number of rotatable bonds is 12. The first-order valence-electron chi connectivity index (χ1n) is 13.5. The van der Waals surface area contributed by atoms with E-state index in [1.165, 1.54) is 0 Å². The van der Waals surface area contributed by atoms with E-state index in [1.54, 1.807) is 38.2 Å². The molecule has 0 unspecified atom stereocenters. The van der Waals surface area contributed by atoms with Crippen molar-refractivity contribution >= 4 is 46.0 Å². The molecule has 220 valence electrons. The van der Waals surface area contributed by atoms with Crippen LogP contribution in [-0.2, 0) is 9.59 Å². The predicted octanol–water partition coefficient (Wildman–Crippen LogP) is 5.07. The Labute approximate surface area is 246 Å². The Balaban J connectivity index is 1.74. The van der Waals surface area contributed by atoms with Crippen molar-refractivity contribution in [3.63, 3.8) is 0 Å². The van der Waals surface area contributed by atoms with E-state index in [4.69, 9.17) is 16.0 Å². The van der Waals surface area contributed by atoms with E-state index in [-0.39, 0.29) is 36.5 Å². The molecule has 3 amide bonds. The number of amides is 3. The molecule has 0 radical (unpaired) electrons. The molecule has 0 aliphatic rings. The Morgan fingerprint density at radius 2 is 1.76 bits per heavy atom. The molecule has 1 aromatic heterocycles. The highest BCUT2D eigenvalue weighted by Gasteiger charge is 2.27. The Morgan fingerprint density at radius 3 is 2.39 bits per heavy atom. The highest BCUT2D eigenvalue weighted by atomic mass is 35.5. The zero-order valence-corrected chi connectivity index (χ0v) is 25.5. The summed E-state index contributed by atoms with van der Waals surface area (Å²) in [6.45, 7) is 7.80. The second-order valence-corrected chi connectivity index (χ2v) is 11.7. The largest absolute Gasteiger partial charge is 0.461 e. The summed E-state index contributed by atoms with van der Waals surface area (Å²) >= 11 is 6.23. The van der Waals surface area contributed by atoms with Gasteiger partial charge in [0.05, 0.1) is 5.56 Å². The van der Waals surface area contributed by atoms with E-state index >= 15 is 0 Å². The third-order valence-electron chi connectivity index (χ3n) is 6.82. The van der Waals surface area contributed by atoms with Gasteiger partial charge >= 0.3 is 0 Å². The fourth-order valence-corrected chi connectivity index (χ4v) is 4.53. The highest BCUT2D eigenvalue weighted by molar-refractivity contribution is 6.32. The van der Waals surface area contributed by atoms with Crippen LogP contribution < -0.4 is 21.3 Å². The number of nitrogens with one attached hydrogen (secondary N) is 4. The lowest BCUT2D eigenvalue weighted by Crippen LogP contribution is -2.40. The van der Waals surface area contributed by atoms with Crippen molar-refractivity contribution in [2.45, 2.75) is 46.6 Å². The number of anilines is 1. The average molecular weight is 582 g/mol. The molecule has 9 nitrogen and oxygen atoms in total. The van der Waals surface area contributed by atoms with Crippen LogP contribution >= 0.6 is 11.6 Å². The van der Waals surface area contributed by atoms with Crippen molar-refractivity contribution in [3.8, 4) is 0 Å². The summed E-state index contributed by atoms with van der Waals surface area (Å²) in [5, 5.41) is 12.9. The minimum absolute atomic E-state index is 0.0560. The molecule has 0 saturated heterocycles. The second kappa shape index (κ2) is 13.7. The van der Waals surface area contributed by atoms with E-state index in [2.05, 4.69) is 21.3 Å². The summed E-state index contributed by atoms with van der Waals surface area (Å²) in [6, 6.07) is 14.3. The van der Waals surface area contributed by atoms with Crippen molar-refractivity contribution in [2.75, 3.05) is 33.0 Å². The number of para-hydroxylation sites is 1. The van der Waals surface area contributed by atoms with Crippen LogP contribution in [0.1, 0.15) is 49.7 Å². The molecule has 10 heteroatoms. The topological polar surface area (TPSA) is 116 Å². The zero-order valence-electron chi connectivity index (χ0n) is 24.8. The number of carbonyl (C=O) groups is 3. The number of nitrogens with zero attached hydrogens (tertiary/aromatic N) is 1. The van der Waals surface area contributed by atoms with Gasteiger partial charge in [0.15, 0.2) is 0 Å². The molecule has 0 spiro atoms. The van der Waals surface area contributed by atoms with Gasteiger partial charge in [0.1, 0.15) is 17.0 Å². The smallest absolute Gasteiger partial charge is 0.273 e. The van der Waals surface area contributed by atoms with E-state index in [0.29, 0.717) is 39.7 Å². The minimum atomic E-state index is -0.631. The number of hydrogen-bond acceptors (Lipinski definition) is 6. The molecule has 0 aliphatic heterocycles. The van der Waals surface area contributed by atoms with Gasteiger partial charge < -0.3 is 30.6 Å². The van der Waals surface area contributed by atoms with Crippen LogP contribution in [0.25, 0.3) is 11.0 Å². The lowest BCUT2D eigenvalue weighted by Gasteiger charge is -2.26. The maximum atomic E-state index is 13.4. The highest BCUT2D eigenvalue weighted by Crippen LogP contribution is 2.28. The quantitative estimate of drug-likeness (QED) is 0.222. The van der Waals surface area contributed by atoms with E-state index in [9.17, 15) is 14.4 Å². The molecule has 2 aromatic carbocycles. The molecule has 0 bridgehead atoms. The van der Waals surface area contributed by atoms with Gasteiger partial charge in [-0.3, -0.25) is 14.4 Å². The molecule has 41 heavy (non-hydrogen) atoms. The first kappa shape index (κ1) is 31.7. The van der Waals surface area contributed by atoms with E-state index in [0.717, 1.165) is 5.39 Å². The minimum Gasteiger partial charge on any atom is -0.461 e. The summed E-state index contributed by atoms with van der Waals surface area (Å²) in [5.74, 6) is -0.447. The Hall–Kier alpha value is -3.82. The first-order chi connectivity index (χ1) is 19.3. The van der Waals surface area contributed by atoms with Crippen LogP contribution in [0.15, 0.2) is 64.3 Å².